The Morgan fingerprint density at radius 1 is 1.05 bits per heavy atom. The molecule has 0 bridgehead atoms. The molecule has 2 aromatic carbocycles. The van der Waals surface area contributed by atoms with Crippen molar-refractivity contribution >= 4 is 29.0 Å². The van der Waals surface area contributed by atoms with E-state index in [0.29, 0.717) is 24.5 Å². The van der Waals surface area contributed by atoms with E-state index in [9.17, 15) is 9.59 Å². The molecule has 0 aliphatic carbocycles. The number of anilines is 1. The van der Waals surface area contributed by atoms with Crippen LogP contribution in [0.1, 0.15) is 50.2 Å². The molecular formula is C29H37N3O5. The Kier molecular flexibility index (Phi) is 8.82. The smallest absolute Gasteiger partial charge is 0.309 e. The molecule has 8 heteroatoms. The van der Waals surface area contributed by atoms with Gasteiger partial charge in [-0.2, -0.15) is 0 Å². The van der Waals surface area contributed by atoms with Crippen LogP contribution in [0, 0.1) is 5.92 Å². The van der Waals surface area contributed by atoms with E-state index in [-0.39, 0.29) is 17.8 Å². The quantitative estimate of drug-likeness (QED) is 0.369. The highest BCUT2D eigenvalue weighted by atomic mass is 16.5. The number of hydrogen-bond acceptors (Lipinski definition) is 7. The lowest BCUT2D eigenvalue weighted by Crippen LogP contribution is -2.38. The van der Waals surface area contributed by atoms with Crippen LogP contribution in [-0.2, 0) is 20.7 Å². The Morgan fingerprint density at radius 3 is 2.35 bits per heavy atom. The minimum absolute atomic E-state index is 0.0399. The zero-order valence-electron chi connectivity index (χ0n) is 22.2. The summed E-state index contributed by atoms with van der Waals surface area (Å²) in [6, 6.07) is 11.9. The Hall–Kier alpha value is -3.39. The zero-order chi connectivity index (χ0) is 26.4. The lowest BCUT2D eigenvalue weighted by Gasteiger charge is -2.30. The van der Waals surface area contributed by atoms with E-state index in [2.05, 4.69) is 22.3 Å². The summed E-state index contributed by atoms with van der Waals surface area (Å²) in [4.78, 5) is 32.1. The van der Waals surface area contributed by atoms with Crippen molar-refractivity contribution in [1.29, 1.82) is 0 Å². The van der Waals surface area contributed by atoms with Crippen molar-refractivity contribution in [3.05, 3.63) is 47.5 Å². The topological polar surface area (TPSA) is 89.5 Å². The minimum Gasteiger partial charge on any atom is -0.493 e. The van der Waals surface area contributed by atoms with Crippen molar-refractivity contribution in [2.75, 3.05) is 45.8 Å². The Bertz CT molecular complexity index is 1140. The van der Waals surface area contributed by atoms with Gasteiger partial charge < -0.3 is 24.4 Å². The Balaban J connectivity index is 1.39. The normalized spacial score (nSPS) is 18.3. The summed E-state index contributed by atoms with van der Waals surface area (Å²) in [6.45, 7) is 7.13. The lowest BCUT2D eigenvalue weighted by molar-refractivity contribution is -0.149. The number of aliphatic imine (C=N–C) groups is 1. The maximum atomic E-state index is 12.9. The minimum atomic E-state index is -0.461. The molecule has 0 aromatic heterocycles. The first-order valence-electron chi connectivity index (χ1n) is 13.1. The molecule has 2 heterocycles. The van der Waals surface area contributed by atoms with Gasteiger partial charge in [-0.25, -0.2) is 0 Å². The molecule has 2 aliphatic rings. The molecule has 8 nitrogen and oxygen atoms in total. The van der Waals surface area contributed by atoms with Gasteiger partial charge in [0.25, 0.3) is 0 Å². The number of benzene rings is 2. The van der Waals surface area contributed by atoms with Gasteiger partial charge in [0.2, 0.25) is 5.91 Å². The number of hydrogen-bond donors (Lipinski definition) is 1. The highest BCUT2D eigenvalue weighted by Gasteiger charge is 2.35. The number of rotatable bonds is 10. The highest BCUT2D eigenvalue weighted by Crippen LogP contribution is 2.42. The number of carbonyl (C=O) groups excluding carboxylic acids is 2. The van der Waals surface area contributed by atoms with Crippen molar-refractivity contribution in [2.45, 2.75) is 45.4 Å². The van der Waals surface area contributed by atoms with Gasteiger partial charge in [0, 0.05) is 24.0 Å². The second kappa shape index (κ2) is 12.2. The van der Waals surface area contributed by atoms with E-state index in [1.54, 1.807) is 20.3 Å². The third-order valence-corrected chi connectivity index (χ3v) is 7.22. The number of nitrogens with zero attached hydrogens (tertiary/aromatic N) is 2. The molecule has 0 radical (unpaired) electrons. The van der Waals surface area contributed by atoms with Gasteiger partial charge >= 0.3 is 5.97 Å². The molecule has 198 valence electrons. The van der Waals surface area contributed by atoms with Crippen LogP contribution in [0.2, 0.25) is 0 Å². The summed E-state index contributed by atoms with van der Waals surface area (Å²) in [5.41, 5.74) is 4.46. The van der Waals surface area contributed by atoms with Crippen LogP contribution < -0.4 is 14.8 Å². The van der Waals surface area contributed by atoms with Gasteiger partial charge in [0.1, 0.15) is 5.92 Å². The van der Waals surface area contributed by atoms with E-state index < -0.39 is 5.92 Å². The number of piperidine rings is 1. The van der Waals surface area contributed by atoms with E-state index in [0.717, 1.165) is 61.5 Å². The van der Waals surface area contributed by atoms with Crippen molar-refractivity contribution in [3.8, 4) is 11.5 Å². The van der Waals surface area contributed by atoms with Crippen LogP contribution in [0.15, 0.2) is 41.4 Å². The van der Waals surface area contributed by atoms with Crippen LogP contribution in [0.3, 0.4) is 0 Å². The fourth-order valence-corrected chi connectivity index (χ4v) is 5.11. The van der Waals surface area contributed by atoms with Crippen LogP contribution in [-0.4, -0.2) is 62.9 Å². The Labute approximate surface area is 219 Å². The second-order valence-corrected chi connectivity index (χ2v) is 9.46. The lowest BCUT2D eigenvalue weighted by atomic mass is 9.93. The fourth-order valence-electron chi connectivity index (χ4n) is 5.11. The molecule has 1 N–H and O–H groups in total. The first-order chi connectivity index (χ1) is 18.0. The first kappa shape index (κ1) is 26.7. The summed E-state index contributed by atoms with van der Waals surface area (Å²) in [5.74, 6) is 0.607. The molecule has 1 fully saturated rings. The van der Waals surface area contributed by atoms with Crippen molar-refractivity contribution < 1.29 is 23.8 Å². The molecule has 0 spiro atoms. The largest absolute Gasteiger partial charge is 0.493 e. The predicted octanol–water partition coefficient (Wildman–Crippen LogP) is 4.74. The molecule has 1 atom stereocenters. The van der Waals surface area contributed by atoms with Crippen molar-refractivity contribution in [3.63, 3.8) is 0 Å². The van der Waals surface area contributed by atoms with Crippen molar-refractivity contribution in [1.82, 2.24) is 4.90 Å². The van der Waals surface area contributed by atoms with E-state index in [1.807, 2.05) is 32.0 Å². The Morgan fingerprint density at radius 2 is 1.73 bits per heavy atom. The number of amides is 1. The molecule has 1 amide bonds. The number of carbonyl (C=O) groups is 2. The van der Waals surface area contributed by atoms with Crippen molar-refractivity contribution in [2.24, 2.45) is 10.9 Å². The number of esters is 1. The van der Waals surface area contributed by atoms with Gasteiger partial charge in [-0.05, 0) is 75.0 Å². The van der Waals surface area contributed by atoms with Gasteiger partial charge in [-0.1, -0.05) is 19.1 Å². The first-order valence-corrected chi connectivity index (χ1v) is 13.1. The molecule has 0 saturated carbocycles. The summed E-state index contributed by atoms with van der Waals surface area (Å²) in [6.07, 6.45) is 3.32. The van der Waals surface area contributed by atoms with Gasteiger partial charge in [0.05, 0.1) is 32.4 Å². The van der Waals surface area contributed by atoms with Gasteiger partial charge in [-0.15, -0.1) is 0 Å². The number of likely N-dealkylation sites (tertiary alicyclic amines) is 1. The van der Waals surface area contributed by atoms with E-state index >= 15 is 0 Å². The SMILES string of the molecule is CCOC(=O)C1CCN(CCc2ccc(N=C(CC)C3C(=O)Nc4cc(OC)c(OC)cc43)cc2)CC1. The van der Waals surface area contributed by atoms with Crippen LogP contribution >= 0.6 is 0 Å². The fraction of sp³-hybridized carbons (Fsp3) is 0.483. The molecule has 2 aliphatic heterocycles. The number of fused-ring (bicyclic) bond motifs is 1. The molecular weight excluding hydrogens is 470 g/mol. The average molecular weight is 508 g/mol. The van der Waals surface area contributed by atoms with Crippen LogP contribution in [0.4, 0.5) is 11.4 Å². The molecule has 2 aromatic rings. The molecule has 1 saturated heterocycles. The summed E-state index contributed by atoms with van der Waals surface area (Å²) in [5, 5.41) is 2.96. The van der Waals surface area contributed by atoms with Crippen LogP contribution in [0.25, 0.3) is 0 Å². The predicted molar refractivity (Wildman–Crippen MR) is 144 cm³/mol. The summed E-state index contributed by atoms with van der Waals surface area (Å²) >= 11 is 0. The molecule has 37 heavy (non-hydrogen) atoms. The summed E-state index contributed by atoms with van der Waals surface area (Å²) in [7, 11) is 3.17. The second-order valence-electron chi connectivity index (χ2n) is 9.46. The zero-order valence-corrected chi connectivity index (χ0v) is 22.2. The molecule has 4 rings (SSSR count). The third-order valence-electron chi connectivity index (χ3n) is 7.22. The van der Waals surface area contributed by atoms with E-state index in [1.165, 1.54) is 5.56 Å². The monoisotopic (exact) mass is 507 g/mol. The summed E-state index contributed by atoms with van der Waals surface area (Å²) < 4.78 is 16.0. The average Bonchev–Trinajstić information content (AvgIpc) is 3.25. The number of nitrogens with one attached hydrogen (secondary N) is 1. The number of methoxy groups -OCH3 is 2. The van der Waals surface area contributed by atoms with Gasteiger partial charge in [-0.3, -0.25) is 14.6 Å². The maximum absolute atomic E-state index is 12.9. The highest BCUT2D eigenvalue weighted by molar-refractivity contribution is 6.19. The number of ether oxygens (including phenoxy) is 3. The van der Waals surface area contributed by atoms with E-state index in [4.69, 9.17) is 19.2 Å². The molecule has 1 unspecified atom stereocenters. The standard InChI is InChI=1S/C29H37N3O5/c1-5-23(27-22-17-25(35-3)26(36-4)18-24(22)31-28(27)33)30-21-9-7-19(8-10-21)11-14-32-15-12-20(13-16-32)29(34)37-6-2/h7-10,17-18,20,27H,5-6,11-16H2,1-4H3,(H,31,33). The van der Waals surface area contributed by atoms with Gasteiger partial charge in [0.15, 0.2) is 11.5 Å². The van der Waals surface area contributed by atoms with Crippen LogP contribution in [0.5, 0.6) is 11.5 Å². The maximum Gasteiger partial charge on any atom is 0.309 e. The third kappa shape index (κ3) is 6.13.